The van der Waals surface area contributed by atoms with Crippen LogP contribution in [0.3, 0.4) is 0 Å². The minimum Gasteiger partial charge on any atom is -0.480 e. The number of aromatic amines is 1. The molecule has 3 N–H and O–H groups in total. The number of hydrogen-bond acceptors (Lipinski definition) is 4. The van der Waals surface area contributed by atoms with Crippen molar-refractivity contribution in [1.29, 1.82) is 0 Å². The quantitative estimate of drug-likeness (QED) is 0.396. The van der Waals surface area contributed by atoms with Crippen LogP contribution in [0.2, 0.25) is 0 Å². The summed E-state index contributed by atoms with van der Waals surface area (Å²) in [6.07, 6.45) is 1.73. The first-order chi connectivity index (χ1) is 14.4. The van der Waals surface area contributed by atoms with Gasteiger partial charge in [-0.25, -0.2) is 8.42 Å². The first-order valence-electron chi connectivity index (χ1n) is 9.33. The van der Waals surface area contributed by atoms with Gasteiger partial charge in [-0.3, -0.25) is 4.79 Å². The number of carbonyl (C=O) groups is 1. The van der Waals surface area contributed by atoms with Crippen LogP contribution in [0.15, 0.2) is 77.1 Å². The fourth-order valence-corrected chi connectivity index (χ4v) is 6.06. The Hall–Kier alpha value is -2.94. The highest BCUT2D eigenvalue weighted by Gasteiger charge is 2.33. The lowest BCUT2D eigenvalue weighted by Crippen LogP contribution is -2.43. The molecule has 2 atom stereocenters. The lowest BCUT2D eigenvalue weighted by Gasteiger charge is -2.21. The molecule has 0 bridgehead atoms. The number of fused-ring (bicyclic) bond motifs is 1. The molecule has 0 saturated carbocycles. The molecule has 0 aliphatic carbocycles. The zero-order valence-electron chi connectivity index (χ0n) is 16.1. The molecule has 0 radical (unpaired) electrons. The second kappa shape index (κ2) is 8.06. The van der Waals surface area contributed by atoms with Gasteiger partial charge in [-0.05, 0) is 29.3 Å². The summed E-state index contributed by atoms with van der Waals surface area (Å²) in [5, 5.41) is 10.6. The van der Waals surface area contributed by atoms with Gasteiger partial charge in [0.25, 0.3) is 10.0 Å². The highest BCUT2D eigenvalue weighted by molar-refractivity contribution is 7.91. The van der Waals surface area contributed by atoms with Gasteiger partial charge >= 0.3 is 5.97 Å². The number of para-hydroxylation sites is 1. The maximum atomic E-state index is 13.0. The summed E-state index contributed by atoms with van der Waals surface area (Å²) in [6, 6.07) is 18.9. The Morgan fingerprint density at radius 2 is 1.73 bits per heavy atom. The highest BCUT2D eigenvalue weighted by atomic mass is 32.2. The molecule has 0 aliphatic heterocycles. The van der Waals surface area contributed by atoms with Gasteiger partial charge in [-0.2, -0.15) is 4.72 Å². The molecule has 6 nitrogen and oxygen atoms in total. The number of nitrogens with one attached hydrogen (secondary N) is 2. The molecule has 2 heterocycles. The number of aliphatic carboxylic acids is 1. The Kier molecular flexibility index (Phi) is 5.46. The van der Waals surface area contributed by atoms with Crippen LogP contribution >= 0.6 is 11.3 Å². The average molecular weight is 441 g/mol. The zero-order chi connectivity index (χ0) is 21.3. The van der Waals surface area contributed by atoms with E-state index in [4.69, 9.17) is 0 Å². The predicted molar refractivity (Wildman–Crippen MR) is 118 cm³/mol. The molecule has 4 aromatic rings. The van der Waals surface area contributed by atoms with Gasteiger partial charge in [0, 0.05) is 27.9 Å². The Labute approximate surface area is 178 Å². The van der Waals surface area contributed by atoms with Crippen LogP contribution in [0.25, 0.3) is 21.3 Å². The Bertz CT molecular complexity index is 1290. The van der Waals surface area contributed by atoms with Crippen LogP contribution in [-0.2, 0) is 14.8 Å². The number of aromatic nitrogens is 1. The van der Waals surface area contributed by atoms with Crippen LogP contribution in [0, 0.1) is 0 Å². The molecule has 0 aliphatic rings. The average Bonchev–Trinajstić information content (AvgIpc) is 3.40. The molecule has 0 saturated heterocycles. The molecule has 2 aromatic heterocycles. The number of benzene rings is 2. The van der Waals surface area contributed by atoms with Crippen LogP contribution in [0.1, 0.15) is 18.4 Å². The van der Waals surface area contributed by atoms with Crippen molar-refractivity contribution >= 4 is 38.2 Å². The zero-order valence-corrected chi connectivity index (χ0v) is 17.7. The van der Waals surface area contributed by atoms with E-state index in [0.29, 0.717) is 0 Å². The molecule has 8 heteroatoms. The van der Waals surface area contributed by atoms with Crippen molar-refractivity contribution in [3.8, 4) is 10.4 Å². The standard InChI is InChI=1S/C22H20N2O4S2/c1-14(17-13-23-18-10-6-5-9-16(17)18)21(22(25)26)24-30(27,28)20-12-11-19(29-20)15-7-3-2-4-8-15/h2-14,21,23-24H,1H3,(H,25,26)/t14?,21-/m1/s1. The molecule has 0 spiro atoms. The van der Waals surface area contributed by atoms with Crippen molar-refractivity contribution < 1.29 is 18.3 Å². The van der Waals surface area contributed by atoms with E-state index in [1.807, 2.05) is 54.6 Å². The van der Waals surface area contributed by atoms with Gasteiger partial charge in [-0.1, -0.05) is 55.5 Å². The van der Waals surface area contributed by atoms with Crippen molar-refractivity contribution in [3.63, 3.8) is 0 Å². The first-order valence-corrected chi connectivity index (χ1v) is 11.6. The smallest absolute Gasteiger partial charge is 0.322 e. The molecule has 0 amide bonds. The van der Waals surface area contributed by atoms with Crippen LogP contribution in [0.4, 0.5) is 0 Å². The third-order valence-electron chi connectivity index (χ3n) is 5.06. The monoisotopic (exact) mass is 440 g/mol. The maximum absolute atomic E-state index is 13.0. The van der Waals surface area contributed by atoms with Crippen molar-refractivity contribution in [3.05, 3.63) is 78.5 Å². The SMILES string of the molecule is CC(c1c[nH]c2ccccc12)[C@@H](NS(=O)(=O)c1ccc(-c2ccccc2)s1)C(=O)O. The fraction of sp³-hybridized carbons (Fsp3) is 0.136. The highest BCUT2D eigenvalue weighted by Crippen LogP contribution is 2.32. The second-order valence-corrected chi connectivity index (χ2v) is 10.0. The number of rotatable bonds is 7. The Morgan fingerprint density at radius 3 is 2.47 bits per heavy atom. The van der Waals surface area contributed by atoms with E-state index in [2.05, 4.69) is 9.71 Å². The number of carboxylic acid groups (broad SMARTS) is 1. The number of thiophene rings is 1. The van der Waals surface area contributed by atoms with Gasteiger partial charge in [0.05, 0.1) is 0 Å². The number of carboxylic acids is 1. The predicted octanol–water partition coefficient (Wildman–Crippen LogP) is 4.43. The number of H-pyrrole nitrogens is 1. The lowest BCUT2D eigenvalue weighted by atomic mass is 9.93. The van der Waals surface area contributed by atoms with E-state index in [-0.39, 0.29) is 4.21 Å². The van der Waals surface area contributed by atoms with E-state index in [9.17, 15) is 18.3 Å². The third kappa shape index (κ3) is 3.89. The topological polar surface area (TPSA) is 99.3 Å². The minimum absolute atomic E-state index is 0.0822. The minimum atomic E-state index is -4.00. The summed E-state index contributed by atoms with van der Waals surface area (Å²) in [5.74, 6) is -1.81. The summed E-state index contributed by atoms with van der Waals surface area (Å²) in [6.45, 7) is 1.71. The van der Waals surface area contributed by atoms with Crippen molar-refractivity contribution in [2.24, 2.45) is 0 Å². The molecular weight excluding hydrogens is 420 g/mol. The van der Waals surface area contributed by atoms with Crippen molar-refractivity contribution in [2.75, 3.05) is 0 Å². The number of sulfonamides is 1. The molecule has 154 valence electrons. The largest absolute Gasteiger partial charge is 0.480 e. The van der Waals surface area contributed by atoms with Gasteiger partial charge in [0.1, 0.15) is 10.3 Å². The first kappa shape index (κ1) is 20.3. The summed E-state index contributed by atoms with van der Waals surface area (Å²) in [5.41, 5.74) is 2.53. The third-order valence-corrected chi connectivity index (χ3v) is 8.13. The summed E-state index contributed by atoms with van der Waals surface area (Å²) >= 11 is 1.11. The van der Waals surface area contributed by atoms with E-state index in [0.717, 1.165) is 38.2 Å². The lowest BCUT2D eigenvalue weighted by molar-refractivity contribution is -0.139. The molecule has 0 fully saturated rings. The van der Waals surface area contributed by atoms with Crippen LogP contribution < -0.4 is 4.72 Å². The Balaban J connectivity index is 1.63. The summed E-state index contributed by atoms with van der Waals surface area (Å²) < 4.78 is 28.4. The summed E-state index contributed by atoms with van der Waals surface area (Å²) in [4.78, 5) is 15.9. The summed E-state index contributed by atoms with van der Waals surface area (Å²) in [7, 11) is -4.00. The molecule has 2 aromatic carbocycles. The Morgan fingerprint density at radius 1 is 1.03 bits per heavy atom. The van der Waals surface area contributed by atoms with E-state index < -0.39 is 28.0 Å². The van der Waals surface area contributed by atoms with Gasteiger partial charge in [0.15, 0.2) is 0 Å². The molecule has 30 heavy (non-hydrogen) atoms. The fourth-order valence-electron chi connectivity index (χ4n) is 3.46. The maximum Gasteiger partial charge on any atom is 0.322 e. The van der Waals surface area contributed by atoms with Crippen LogP contribution in [-0.4, -0.2) is 30.5 Å². The molecule has 4 rings (SSSR count). The van der Waals surface area contributed by atoms with Crippen molar-refractivity contribution in [1.82, 2.24) is 9.71 Å². The van der Waals surface area contributed by atoms with E-state index in [1.54, 1.807) is 19.2 Å². The molecule has 1 unspecified atom stereocenters. The van der Waals surface area contributed by atoms with Gasteiger partial charge in [0.2, 0.25) is 0 Å². The van der Waals surface area contributed by atoms with Gasteiger partial charge in [-0.15, -0.1) is 11.3 Å². The van der Waals surface area contributed by atoms with E-state index >= 15 is 0 Å². The second-order valence-electron chi connectivity index (χ2n) is 7.00. The van der Waals surface area contributed by atoms with Gasteiger partial charge < -0.3 is 10.1 Å². The molecular formula is C22H20N2O4S2. The van der Waals surface area contributed by atoms with E-state index in [1.165, 1.54) is 6.07 Å². The van der Waals surface area contributed by atoms with Crippen LogP contribution in [0.5, 0.6) is 0 Å². The van der Waals surface area contributed by atoms with Crippen molar-refractivity contribution in [2.45, 2.75) is 23.1 Å². The number of hydrogen-bond donors (Lipinski definition) is 3. The normalized spacial score (nSPS) is 13.9.